The zero-order chi connectivity index (χ0) is 37.8. The van der Waals surface area contributed by atoms with Crippen LogP contribution >= 0.6 is 15.9 Å². The molecule has 0 saturated carbocycles. The summed E-state index contributed by atoms with van der Waals surface area (Å²) in [4.78, 5) is 22.6. The quantitative estimate of drug-likeness (QED) is 0.121. The van der Waals surface area contributed by atoms with Crippen molar-refractivity contribution in [2.45, 2.75) is 13.2 Å². The van der Waals surface area contributed by atoms with Crippen molar-refractivity contribution in [1.29, 1.82) is 0 Å². The van der Waals surface area contributed by atoms with Gasteiger partial charge in [0, 0.05) is 16.7 Å². The molecule has 52 heavy (non-hydrogen) atoms. The standard InChI is InChI=1S/C18H18O6.C10H13BrO4.C8H7BO4/c1-21-15-6-5-13(16(17(15)22-2)23-8-7-19)11-3-4-14-12(9-11)10-24-18(14)20;1-13-8-4-3-7(11)9(10(8)14-2)15-6-5-12;10-8-7-2-1-6(9(11)12)3-5(7)4-13-8/h3-6,9,19H,7-8,10H2,1-2H3;3-4,12H,5-6H2,1-2H3;1-3,11-12H,4H2. The van der Waals surface area contributed by atoms with Crippen LogP contribution in [0.4, 0.5) is 0 Å². The van der Waals surface area contributed by atoms with E-state index < -0.39 is 7.12 Å². The van der Waals surface area contributed by atoms with Gasteiger partial charge < -0.3 is 58.2 Å². The molecule has 0 fully saturated rings. The lowest BCUT2D eigenvalue weighted by molar-refractivity contribution is 0.0526. The minimum atomic E-state index is -1.50. The number of hydrogen-bond donors (Lipinski definition) is 4. The summed E-state index contributed by atoms with van der Waals surface area (Å²) in [6.07, 6.45) is 0. The molecule has 0 unspecified atom stereocenters. The molecular weight excluding hydrogens is 747 g/mol. The third-order valence-corrected chi connectivity index (χ3v) is 8.25. The molecule has 0 saturated heterocycles. The zero-order valence-electron chi connectivity index (χ0n) is 28.8. The first kappa shape index (κ1) is 39.8. The highest BCUT2D eigenvalue weighted by Crippen LogP contribution is 2.45. The van der Waals surface area contributed by atoms with Crippen LogP contribution in [0.25, 0.3) is 11.1 Å². The highest BCUT2D eigenvalue weighted by Gasteiger charge is 2.25. The Bertz CT molecular complexity index is 1870. The Kier molecular flexibility index (Phi) is 14.5. The maximum absolute atomic E-state index is 11.6. The predicted molar refractivity (Wildman–Crippen MR) is 192 cm³/mol. The molecular formula is C36H38BBrO14. The van der Waals surface area contributed by atoms with Gasteiger partial charge in [-0.1, -0.05) is 18.2 Å². The third-order valence-electron chi connectivity index (χ3n) is 7.63. The van der Waals surface area contributed by atoms with Gasteiger partial charge in [-0.2, -0.15) is 0 Å². The first-order chi connectivity index (χ1) is 25.1. The summed E-state index contributed by atoms with van der Waals surface area (Å²) in [6.45, 7) is 0.654. The molecule has 2 aliphatic rings. The van der Waals surface area contributed by atoms with Crippen LogP contribution in [0.5, 0.6) is 34.5 Å². The lowest BCUT2D eigenvalue weighted by Crippen LogP contribution is -2.30. The molecule has 6 rings (SSSR count). The van der Waals surface area contributed by atoms with Gasteiger partial charge in [0.05, 0.1) is 57.3 Å². The molecule has 0 radical (unpaired) electrons. The minimum absolute atomic E-state index is 0.0488. The lowest BCUT2D eigenvalue weighted by atomic mass is 9.79. The van der Waals surface area contributed by atoms with E-state index in [4.69, 9.17) is 58.2 Å². The van der Waals surface area contributed by atoms with Crippen molar-refractivity contribution in [2.24, 2.45) is 0 Å². The van der Waals surface area contributed by atoms with Crippen molar-refractivity contribution < 1.29 is 67.7 Å². The Labute approximate surface area is 308 Å². The maximum Gasteiger partial charge on any atom is 0.488 e. The fourth-order valence-corrected chi connectivity index (χ4v) is 5.62. The Morgan fingerprint density at radius 1 is 0.635 bits per heavy atom. The van der Waals surface area contributed by atoms with E-state index in [1.54, 1.807) is 50.6 Å². The maximum atomic E-state index is 11.6. The number of aliphatic hydroxyl groups excluding tert-OH is 2. The molecule has 0 aromatic heterocycles. The second-order valence-corrected chi connectivity index (χ2v) is 11.6. The fraction of sp³-hybridized carbons (Fsp3) is 0.278. The van der Waals surface area contributed by atoms with Crippen molar-refractivity contribution in [1.82, 2.24) is 0 Å². The summed E-state index contributed by atoms with van der Waals surface area (Å²) in [7, 11) is 4.67. The Balaban J connectivity index is 0.000000186. The first-order valence-corrected chi connectivity index (χ1v) is 16.5. The number of aliphatic hydroxyl groups is 2. The minimum Gasteiger partial charge on any atom is -0.493 e. The Morgan fingerprint density at radius 2 is 1.13 bits per heavy atom. The molecule has 4 aromatic carbocycles. The summed E-state index contributed by atoms with van der Waals surface area (Å²) >= 11 is 3.34. The molecule has 0 bridgehead atoms. The lowest BCUT2D eigenvalue weighted by Gasteiger charge is -2.17. The second kappa shape index (κ2) is 19.0. The Morgan fingerprint density at radius 3 is 1.67 bits per heavy atom. The topological polar surface area (TPSA) is 189 Å². The number of rotatable bonds is 12. The zero-order valence-corrected chi connectivity index (χ0v) is 30.4. The van der Waals surface area contributed by atoms with Gasteiger partial charge in [0.15, 0.2) is 23.0 Å². The molecule has 14 nitrogen and oxygen atoms in total. The summed E-state index contributed by atoms with van der Waals surface area (Å²) in [6, 6.07) is 17.3. The van der Waals surface area contributed by atoms with Gasteiger partial charge in [0.2, 0.25) is 11.5 Å². The molecule has 2 heterocycles. The van der Waals surface area contributed by atoms with Crippen molar-refractivity contribution in [3.05, 3.63) is 87.4 Å². The van der Waals surface area contributed by atoms with Crippen molar-refractivity contribution >= 4 is 40.4 Å². The van der Waals surface area contributed by atoms with Crippen molar-refractivity contribution in [2.75, 3.05) is 54.9 Å². The van der Waals surface area contributed by atoms with Crippen LogP contribution in [-0.2, 0) is 22.7 Å². The van der Waals surface area contributed by atoms with Crippen LogP contribution in [0.15, 0.2) is 65.1 Å². The normalized spacial score (nSPS) is 12.1. The molecule has 276 valence electrons. The number of benzene rings is 4. The van der Waals surface area contributed by atoms with E-state index in [0.29, 0.717) is 56.7 Å². The van der Waals surface area contributed by atoms with Crippen molar-refractivity contribution in [3.8, 4) is 45.6 Å². The number of halogens is 1. The molecule has 2 aliphatic heterocycles. The molecule has 4 aromatic rings. The largest absolute Gasteiger partial charge is 0.493 e. The number of fused-ring (bicyclic) bond motifs is 2. The van der Waals surface area contributed by atoms with Gasteiger partial charge in [0.25, 0.3) is 0 Å². The molecule has 0 spiro atoms. The number of hydrogen-bond acceptors (Lipinski definition) is 14. The first-order valence-electron chi connectivity index (χ1n) is 15.7. The number of ether oxygens (including phenoxy) is 8. The van der Waals surface area contributed by atoms with Gasteiger partial charge in [-0.25, -0.2) is 9.59 Å². The summed E-state index contributed by atoms with van der Waals surface area (Å²) in [5.74, 6) is 2.45. The predicted octanol–water partition coefficient (Wildman–Crippen LogP) is 3.29. The van der Waals surface area contributed by atoms with E-state index in [-0.39, 0.29) is 51.6 Å². The fourth-order valence-electron chi connectivity index (χ4n) is 5.19. The Hall–Kier alpha value is -5.00. The molecule has 0 aliphatic carbocycles. The van der Waals surface area contributed by atoms with Crippen LogP contribution in [0, 0.1) is 0 Å². The van der Waals surface area contributed by atoms with Crippen LogP contribution < -0.4 is 33.9 Å². The van der Waals surface area contributed by atoms with Crippen molar-refractivity contribution in [3.63, 3.8) is 0 Å². The van der Waals surface area contributed by atoms with E-state index in [1.807, 2.05) is 18.2 Å². The van der Waals surface area contributed by atoms with Crippen LogP contribution in [0.2, 0.25) is 0 Å². The summed E-state index contributed by atoms with van der Waals surface area (Å²) in [5.41, 5.74) is 4.64. The number of carbonyl (C=O) groups is 2. The number of carbonyl (C=O) groups excluding carboxylic acids is 2. The highest BCUT2D eigenvalue weighted by atomic mass is 79.9. The van der Waals surface area contributed by atoms with E-state index >= 15 is 0 Å². The van der Waals surface area contributed by atoms with E-state index in [1.165, 1.54) is 20.3 Å². The number of cyclic esters (lactones) is 2. The van der Waals surface area contributed by atoms with Gasteiger partial charge in [-0.3, -0.25) is 0 Å². The second-order valence-electron chi connectivity index (χ2n) is 10.7. The van der Waals surface area contributed by atoms with Crippen LogP contribution in [-0.4, -0.2) is 94.2 Å². The monoisotopic (exact) mass is 784 g/mol. The average molecular weight is 785 g/mol. The van der Waals surface area contributed by atoms with Crippen LogP contribution in [0.1, 0.15) is 31.8 Å². The number of esters is 2. The van der Waals surface area contributed by atoms with Crippen LogP contribution in [0.3, 0.4) is 0 Å². The highest BCUT2D eigenvalue weighted by molar-refractivity contribution is 9.10. The molecule has 4 N–H and O–H groups in total. The van der Waals surface area contributed by atoms with E-state index in [0.717, 1.165) is 21.2 Å². The third kappa shape index (κ3) is 9.26. The van der Waals surface area contributed by atoms with E-state index in [2.05, 4.69) is 15.9 Å². The smallest absolute Gasteiger partial charge is 0.488 e. The SMILES string of the molecule is COc1ccc(-c2ccc3c(c2)COC3=O)c(OCCO)c1OC.COc1ccc(Br)c(OCCO)c1OC.O=C1OCc2cc(B(O)O)ccc21. The van der Waals surface area contributed by atoms with E-state index in [9.17, 15) is 9.59 Å². The molecule has 0 atom stereocenters. The van der Waals surface area contributed by atoms with Gasteiger partial charge in [0.1, 0.15) is 26.4 Å². The molecule has 0 amide bonds. The molecule has 16 heteroatoms. The summed E-state index contributed by atoms with van der Waals surface area (Å²) < 4.78 is 42.6. The average Bonchev–Trinajstić information content (AvgIpc) is 3.73. The number of methoxy groups -OCH3 is 4. The van der Waals surface area contributed by atoms with Gasteiger partial charge in [-0.05, 0) is 69.4 Å². The van der Waals surface area contributed by atoms with Gasteiger partial charge >= 0.3 is 19.1 Å². The summed E-state index contributed by atoms with van der Waals surface area (Å²) in [5, 5.41) is 35.5. The van der Waals surface area contributed by atoms with Gasteiger partial charge in [-0.15, -0.1) is 0 Å².